The Morgan fingerprint density at radius 1 is 1.18 bits per heavy atom. The van der Waals surface area contributed by atoms with E-state index in [9.17, 15) is 30.8 Å². The van der Waals surface area contributed by atoms with E-state index in [-0.39, 0.29) is 28.4 Å². The molecule has 1 aliphatic carbocycles. The Labute approximate surface area is 189 Å². The van der Waals surface area contributed by atoms with Gasteiger partial charge < -0.3 is 5.32 Å². The maximum atomic E-state index is 13.7. The maximum absolute atomic E-state index is 13.7. The molecule has 2 aromatic rings. The average Bonchev–Trinajstić information content (AvgIpc) is 3.55. The van der Waals surface area contributed by atoms with Crippen molar-refractivity contribution >= 4 is 21.6 Å². The van der Waals surface area contributed by atoms with Gasteiger partial charge in [-0.05, 0) is 72.2 Å². The number of rotatable bonds is 8. The summed E-state index contributed by atoms with van der Waals surface area (Å²) < 4.78 is 80.7. The van der Waals surface area contributed by atoms with Crippen LogP contribution in [0.15, 0.2) is 43.0 Å². The van der Waals surface area contributed by atoms with Crippen molar-refractivity contribution in [1.82, 2.24) is 5.32 Å². The smallest absolute Gasteiger partial charge is 0.345 e. The molecule has 1 atom stereocenters. The summed E-state index contributed by atoms with van der Waals surface area (Å²) in [5.41, 5.74) is -0.477. The van der Waals surface area contributed by atoms with Gasteiger partial charge in [0.1, 0.15) is 5.82 Å². The Kier molecular flexibility index (Phi) is 6.99. The number of carbonyl (C=O) groups is 1. The maximum Gasteiger partial charge on any atom is 0.416 e. The number of carbonyl (C=O) groups excluding carboxylic acids is 1. The first kappa shape index (κ1) is 24.9. The van der Waals surface area contributed by atoms with Crippen LogP contribution in [0.3, 0.4) is 0 Å². The van der Waals surface area contributed by atoms with E-state index < -0.39 is 40.4 Å². The molecule has 1 N–H and O–H groups in total. The molecule has 1 aliphatic rings. The summed E-state index contributed by atoms with van der Waals surface area (Å²) in [5.74, 6) is -0.903. The monoisotopic (exact) mass is 485 g/mol. The highest BCUT2D eigenvalue weighted by atomic mass is 32.2. The predicted octanol–water partition coefficient (Wildman–Crippen LogP) is 5.07. The summed E-state index contributed by atoms with van der Waals surface area (Å²) in [6, 6.07) is 7.47. The van der Waals surface area contributed by atoms with Gasteiger partial charge in [-0.15, -0.1) is 0 Å². The van der Waals surface area contributed by atoms with E-state index >= 15 is 0 Å². The number of halogens is 4. The van der Waals surface area contributed by atoms with E-state index in [1.54, 1.807) is 19.1 Å². The Balaban J connectivity index is 1.94. The van der Waals surface area contributed by atoms with Gasteiger partial charge in [0.25, 0.3) is 16.0 Å². The van der Waals surface area contributed by atoms with Crippen molar-refractivity contribution in [1.29, 1.82) is 0 Å². The molecule has 10 heteroatoms. The topological polar surface area (TPSA) is 72.5 Å². The zero-order valence-corrected chi connectivity index (χ0v) is 18.8. The first-order valence-corrected chi connectivity index (χ1v) is 11.9. The standard InChI is InChI=1S/C23H23F4NO4S/c1-13-8-17(6-7-20(13)24)21(16-4-5-16)28-22(29)19-10-15(12-32-33(3,30)31)9-18(11-19)14(2)23(25,26)27/h6-11,16,21H,2,4-5,12H2,1,3H3,(H,28,29)/t21-/m0/s1. The molecular formula is C23H23F4NO4S. The number of allylic oxidation sites excluding steroid dienone is 1. The first-order chi connectivity index (χ1) is 15.2. The van der Waals surface area contributed by atoms with Gasteiger partial charge in [-0.3, -0.25) is 8.98 Å². The number of aryl methyl sites for hydroxylation is 1. The van der Waals surface area contributed by atoms with Crippen LogP contribution in [0.2, 0.25) is 0 Å². The molecule has 1 amide bonds. The first-order valence-electron chi connectivity index (χ1n) is 10.1. The number of alkyl halides is 3. The van der Waals surface area contributed by atoms with Gasteiger partial charge in [-0.2, -0.15) is 21.6 Å². The Morgan fingerprint density at radius 2 is 1.82 bits per heavy atom. The second kappa shape index (κ2) is 9.26. The minimum atomic E-state index is -4.74. The van der Waals surface area contributed by atoms with Crippen LogP contribution in [0.25, 0.3) is 5.57 Å². The second-order valence-electron chi connectivity index (χ2n) is 8.16. The molecule has 0 aliphatic heterocycles. The minimum absolute atomic E-state index is 0.0640. The third-order valence-corrected chi connectivity index (χ3v) is 5.85. The summed E-state index contributed by atoms with van der Waals surface area (Å²) in [6.45, 7) is 4.12. The van der Waals surface area contributed by atoms with Gasteiger partial charge in [-0.1, -0.05) is 18.7 Å². The van der Waals surface area contributed by atoms with Gasteiger partial charge in [0, 0.05) is 5.56 Å². The summed E-state index contributed by atoms with van der Waals surface area (Å²) in [6.07, 6.45) is -2.24. The van der Waals surface area contributed by atoms with E-state index in [2.05, 4.69) is 16.1 Å². The van der Waals surface area contributed by atoms with Crippen LogP contribution >= 0.6 is 0 Å². The Bertz CT molecular complexity index is 1190. The van der Waals surface area contributed by atoms with E-state index in [0.717, 1.165) is 31.2 Å². The minimum Gasteiger partial charge on any atom is -0.345 e. The van der Waals surface area contributed by atoms with Crippen molar-refractivity contribution < 1.29 is 35.0 Å². The van der Waals surface area contributed by atoms with Gasteiger partial charge in [0.2, 0.25) is 0 Å². The van der Waals surface area contributed by atoms with Crippen LogP contribution in [0.1, 0.15) is 51.5 Å². The fourth-order valence-electron chi connectivity index (χ4n) is 3.41. The molecule has 0 spiro atoms. The highest BCUT2D eigenvalue weighted by molar-refractivity contribution is 7.85. The number of nitrogens with one attached hydrogen (secondary N) is 1. The average molecular weight is 485 g/mol. The number of hydrogen-bond donors (Lipinski definition) is 1. The van der Waals surface area contributed by atoms with E-state index in [0.29, 0.717) is 11.1 Å². The van der Waals surface area contributed by atoms with Gasteiger partial charge in [0.05, 0.1) is 24.5 Å². The van der Waals surface area contributed by atoms with Crippen LogP contribution in [-0.2, 0) is 20.9 Å². The van der Waals surface area contributed by atoms with Gasteiger partial charge in [0.15, 0.2) is 0 Å². The van der Waals surface area contributed by atoms with Crippen molar-refractivity contribution in [3.05, 3.63) is 76.6 Å². The van der Waals surface area contributed by atoms with E-state index in [1.165, 1.54) is 12.1 Å². The van der Waals surface area contributed by atoms with Crippen molar-refractivity contribution in [3.63, 3.8) is 0 Å². The lowest BCUT2D eigenvalue weighted by Crippen LogP contribution is -2.30. The SMILES string of the molecule is C=C(c1cc(COS(C)(=O)=O)cc(C(=O)N[C@H](c2ccc(F)c(C)c2)C2CC2)c1)C(F)(F)F. The summed E-state index contributed by atoms with van der Waals surface area (Å²) >= 11 is 0. The highest BCUT2D eigenvalue weighted by Crippen LogP contribution is 2.41. The Morgan fingerprint density at radius 3 is 2.36 bits per heavy atom. The zero-order chi connectivity index (χ0) is 24.6. The molecule has 2 aromatic carbocycles. The molecule has 0 saturated heterocycles. The third kappa shape index (κ3) is 6.64. The normalized spacial score (nSPS) is 15.2. The Hall–Kier alpha value is -2.72. The van der Waals surface area contributed by atoms with Crippen LogP contribution in [0.4, 0.5) is 17.6 Å². The third-order valence-electron chi connectivity index (χ3n) is 5.31. The van der Waals surface area contributed by atoms with Crippen molar-refractivity contribution in [2.45, 2.75) is 38.6 Å². The molecule has 1 saturated carbocycles. The molecule has 0 bridgehead atoms. The van der Waals surface area contributed by atoms with E-state index in [1.807, 2.05) is 0 Å². The van der Waals surface area contributed by atoms with Gasteiger partial charge in [-0.25, -0.2) is 4.39 Å². The highest BCUT2D eigenvalue weighted by Gasteiger charge is 2.35. The molecule has 5 nitrogen and oxygen atoms in total. The fourth-order valence-corrected chi connectivity index (χ4v) is 3.76. The molecule has 33 heavy (non-hydrogen) atoms. The molecule has 0 unspecified atom stereocenters. The zero-order valence-electron chi connectivity index (χ0n) is 18.0. The second-order valence-corrected chi connectivity index (χ2v) is 9.80. The summed E-state index contributed by atoms with van der Waals surface area (Å²) in [4.78, 5) is 13.0. The number of hydrogen-bond acceptors (Lipinski definition) is 4. The van der Waals surface area contributed by atoms with E-state index in [4.69, 9.17) is 0 Å². The predicted molar refractivity (Wildman–Crippen MR) is 115 cm³/mol. The van der Waals surface area contributed by atoms with Crippen molar-refractivity contribution in [2.24, 2.45) is 5.92 Å². The lowest BCUT2D eigenvalue weighted by molar-refractivity contribution is -0.0686. The van der Waals surface area contributed by atoms with Gasteiger partial charge >= 0.3 is 6.18 Å². The molecule has 0 heterocycles. The quantitative estimate of drug-likeness (QED) is 0.419. The molecule has 0 radical (unpaired) electrons. The molecule has 3 rings (SSSR count). The summed E-state index contributed by atoms with van der Waals surface area (Å²) in [7, 11) is -3.86. The molecule has 178 valence electrons. The lowest BCUT2D eigenvalue weighted by Gasteiger charge is -2.20. The summed E-state index contributed by atoms with van der Waals surface area (Å²) in [5, 5.41) is 2.83. The largest absolute Gasteiger partial charge is 0.416 e. The fraction of sp³-hybridized carbons (Fsp3) is 0.348. The lowest BCUT2D eigenvalue weighted by atomic mass is 9.97. The van der Waals surface area contributed by atoms with Crippen molar-refractivity contribution in [2.75, 3.05) is 6.26 Å². The molecule has 0 aromatic heterocycles. The molecule has 1 fully saturated rings. The van der Waals surface area contributed by atoms with Crippen LogP contribution in [0.5, 0.6) is 0 Å². The molecular weight excluding hydrogens is 462 g/mol. The number of benzene rings is 2. The van der Waals surface area contributed by atoms with Crippen molar-refractivity contribution in [3.8, 4) is 0 Å². The number of amides is 1. The van der Waals surface area contributed by atoms with Crippen LogP contribution < -0.4 is 5.32 Å². The van der Waals surface area contributed by atoms with Crippen LogP contribution in [-0.4, -0.2) is 26.8 Å². The van der Waals surface area contributed by atoms with Crippen LogP contribution in [0, 0.1) is 18.7 Å².